The van der Waals surface area contributed by atoms with Gasteiger partial charge in [-0.05, 0) is 26.8 Å². The summed E-state index contributed by atoms with van der Waals surface area (Å²) >= 11 is 0. The van der Waals surface area contributed by atoms with Crippen molar-refractivity contribution in [1.29, 1.82) is 0 Å². The van der Waals surface area contributed by atoms with E-state index < -0.39 is 0 Å². The highest BCUT2D eigenvalue weighted by Gasteiger charge is 2.26. The van der Waals surface area contributed by atoms with E-state index in [1.54, 1.807) is 0 Å². The van der Waals surface area contributed by atoms with Crippen LogP contribution in [0.15, 0.2) is 4.99 Å². The van der Waals surface area contributed by atoms with Gasteiger partial charge in [0.2, 0.25) is 0 Å². The summed E-state index contributed by atoms with van der Waals surface area (Å²) in [6.07, 6.45) is 2.43. The van der Waals surface area contributed by atoms with E-state index in [2.05, 4.69) is 60.2 Å². The van der Waals surface area contributed by atoms with Crippen LogP contribution in [0, 0.1) is 5.92 Å². The third-order valence-corrected chi connectivity index (χ3v) is 5.45. The maximum atomic E-state index is 5.54. The Balaban J connectivity index is 2.51. The fourth-order valence-corrected chi connectivity index (χ4v) is 3.37. The molecule has 0 radical (unpaired) electrons. The molecule has 0 aromatic rings. The van der Waals surface area contributed by atoms with Crippen molar-refractivity contribution in [3.8, 4) is 0 Å². The van der Waals surface area contributed by atoms with Gasteiger partial charge in [-0.25, -0.2) is 0 Å². The first-order valence-corrected chi connectivity index (χ1v) is 9.99. The van der Waals surface area contributed by atoms with E-state index in [0.717, 1.165) is 51.9 Å². The summed E-state index contributed by atoms with van der Waals surface area (Å²) in [7, 11) is 4.01. The van der Waals surface area contributed by atoms with Crippen molar-refractivity contribution in [2.24, 2.45) is 10.9 Å². The van der Waals surface area contributed by atoms with Crippen LogP contribution >= 0.6 is 0 Å². The molecule has 0 aromatic heterocycles. The molecule has 1 aliphatic heterocycles. The van der Waals surface area contributed by atoms with Gasteiger partial charge in [-0.15, -0.1) is 0 Å². The molecule has 1 rings (SSSR count). The molecule has 1 fully saturated rings. The number of hydrogen-bond donors (Lipinski definition) is 2. The highest BCUT2D eigenvalue weighted by molar-refractivity contribution is 5.79. The van der Waals surface area contributed by atoms with Crippen LogP contribution in [0.3, 0.4) is 0 Å². The van der Waals surface area contributed by atoms with Gasteiger partial charge in [0, 0.05) is 51.9 Å². The molecule has 0 aliphatic carbocycles. The lowest BCUT2D eigenvalue weighted by Crippen LogP contribution is -2.53. The molecular formula is C19H41N5O. The van der Waals surface area contributed by atoms with Crippen LogP contribution < -0.4 is 10.6 Å². The second kappa shape index (κ2) is 12.5. The standard InChI is InChI=1S/C19H41N5O/c1-7-17(8-2)18(24-11-13-25-14-12-24)15-22-19(20-5)21-9-10-23(6)16(3)4/h16-18H,7-15H2,1-6H3,(H2,20,21,22). The number of hydrogen-bond acceptors (Lipinski definition) is 4. The van der Waals surface area contributed by atoms with E-state index in [9.17, 15) is 0 Å². The molecule has 25 heavy (non-hydrogen) atoms. The summed E-state index contributed by atoms with van der Waals surface area (Å²) in [5.41, 5.74) is 0. The summed E-state index contributed by atoms with van der Waals surface area (Å²) in [5.74, 6) is 1.61. The SMILES string of the molecule is CCC(CC)C(CNC(=NC)NCCN(C)C(C)C)N1CCOCC1. The molecule has 1 heterocycles. The minimum absolute atomic E-state index is 0.538. The normalized spacial score (nSPS) is 18.2. The number of likely N-dealkylation sites (N-methyl/N-ethyl adjacent to an activating group) is 1. The Morgan fingerprint density at radius 3 is 2.32 bits per heavy atom. The third-order valence-electron chi connectivity index (χ3n) is 5.45. The van der Waals surface area contributed by atoms with Crippen molar-refractivity contribution in [3.05, 3.63) is 0 Å². The topological polar surface area (TPSA) is 52.1 Å². The Kier molecular flexibility index (Phi) is 11.1. The molecular weight excluding hydrogens is 314 g/mol. The van der Waals surface area contributed by atoms with Crippen molar-refractivity contribution in [3.63, 3.8) is 0 Å². The van der Waals surface area contributed by atoms with Gasteiger partial charge < -0.3 is 20.3 Å². The van der Waals surface area contributed by atoms with Gasteiger partial charge in [0.1, 0.15) is 0 Å². The molecule has 0 saturated carbocycles. The summed E-state index contributed by atoms with van der Waals surface area (Å²) in [6, 6.07) is 1.10. The van der Waals surface area contributed by atoms with Gasteiger partial charge in [-0.2, -0.15) is 0 Å². The van der Waals surface area contributed by atoms with Crippen LogP contribution in [-0.2, 0) is 4.74 Å². The number of guanidine groups is 1. The smallest absolute Gasteiger partial charge is 0.191 e. The summed E-state index contributed by atoms with van der Waals surface area (Å²) in [6.45, 7) is 15.7. The molecule has 0 bridgehead atoms. The number of nitrogens with one attached hydrogen (secondary N) is 2. The molecule has 6 nitrogen and oxygen atoms in total. The Morgan fingerprint density at radius 2 is 1.80 bits per heavy atom. The highest BCUT2D eigenvalue weighted by Crippen LogP contribution is 2.19. The molecule has 0 spiro atoms. The van der Waals surface area contributed by atoms with Crippen LogP contribution in [0.25, 0.3) is 0 Å². The lowest BCUT2D eigenvalue weighted by molar-refractivity contribution is 0.00272. The Labute approximate surface area is 155 Å². The predicted molar refractivity (Wildman–Crippen MR) is 107 cm³/mol. The van der Waals surface area contributed by atoms with Crippen LogP contribution in [0.5, 0.6) is 0 Å². The number of rotatable bonds is 10. The van der Waals surface area contributed by atoms with E-state index in [1.165, 1.54) is 12.8 Å². The van der Waals surface area contributed by atoms with Crippen LogP contribution in [-0.4, -0.2) is 87.9 Å². The molecule has 1 aliphatic rings. The number of ether oxygens (including phenoxy) is 1. The average Bonchev–Trinajstić information content (AvgIpc) is 2.63. The van der Waals surface area contributed by atoms with Crippen molar-refractivity contribution >= 4 is 5.96 Å². The van der Waals surface area contributed by atoms with Gasteiger partial charge in [0.05, 0.1) is 13.2 Å². The molecule has 148 valence electrons. The van der Waals surface area contributed by atoms with Gasteiger partial charge >= 0.3 is 0 Å². The lowest BCUT2D eigenvalue weighted by atomic mass is 9.92. The fraction of sp³-hybridized carbons (Fsp3) is 0.947. The maximum Gasteiger partial charge on any atom is 0.191 e. The first-order valence-electron chi connectivity index (χ1n) is 9.99. The van der Waals surface area contributed by atoms with E-state index in [4.69, 9.17) is 4.74 Å². The zero-order chi connectivity index (χ0) is 18.7. The van der Waals surface area contributed by atoms with Gasteiger partial charge in [-0.3, -0.25) is 9.89 Å². The Morgan fingerprint density at radius 1 is 1.16 bits per heavy atom. The molecule has 0 aromatic carbocycles. The average molecular weight is 356 g/mol. The van der Waals surface area contributed by atoms with Crippen molar-refractivity contribution < 1.29 is 4.74 Å². The Hall–Kier alpha value is -0.850. The number of nitrogens with zero attached hydrogens (tertiary/aromatic N) is 3. The zero-order valence-corrected chi connectivity index (χ0v) is 17.3. The first-order chi connectivity index (χ1) is 12.0. The van der Waals surface area contributed by atoms with Gasteiger partial charge in [-0.1, -0.05) is 26.7 Å². The zero-order valence-electron chi connectivity index (χ0n) is 17.3. The largest absolute Gasteiger partial charge is 0.379 e. The maximum absolute atomic E-state index is 5.54. The van der Waals surface area contributed by atoms with E-state index >= 15 is 0 Å². The first kappa shape index (κ1) is 22.2. The molecule has 0 amide bonds. The third kappa shape index (κ3) is 7.92. The minimum atomic E-state index is 0.538. The fourth-order valence-electron chi connectivity index (χ4n) is 3.37. The summed E-state index contributed by atoms with van der Waals surface area (Å²) in [4.78, 5) is 9.32. The van der Waals surface area contributed by atoms with Crippen LogP contribution in [0.2, 0.25) is 0 Å². The van der Waals surface area contributed by atoms with Gasteiger partial charge in [0.25, 0.3) is 0 Å². The van der Waals surface area contributed by atoms with Crippen molar-refractivity contribution in [2.75, 3.05) is 60.0 Å². The molecule has 1 unspecified atom stereocenters. The van der Waals surface area contributed by atoms with Crippen molar-refractivity contribution in [2.45, 2.75) is 52.6 Å². The summed E-state index contributed by atoms with van der Waals surface area (Å²) in [5, 5.41) is 7.00. The number of aliphatic imine (C=N–C) groups is 1. The monoisotopic (exact) mass is 355 g/mol. The minimum Gasteiger partial charge on any atom is -0.379 e. The van der Waals surface area contributed by atoms with E-state index in [1.807, 2.05) is 7.05 Å². The van der Waals surface area contributed by atoms with E-state index in [0.29, 0.717) is 18.0 Å². The molecule has 6 heteroatoms. The molecule has 1 atom stereocenters. The number of morpholine rings is 1. The van der Waals surface area contributed by atoms with Gasteiger partial charge in [0.15, 0.2) is 5.96 Å². The van der Waals surface area contributed by atoms with E-state index in [-0.39, 0.29) is 0 Å². The second-order valence-corrected chi connectivity index (χ2v) is 7.25. The molecule has 1 saturated heterocycles. The lowest BCUT2D eigenvalue weighted by Gasteiger charge is -2.39. The Bertz CT molecular complexity index is 365. The second-order valence-electron chi connectivity index (χ2n) is 7.25. The summed E-state index contributed by atoms with van der Waals surface area (Å²) < 4.78 is 5.54. The van der Waals surface area contributed by atoms with Crippen LogP contribution in [0.1, 0.15) is 40.5 Å². The van der Waals surface area contributed by atoms with Crippen molar-refractivity contribution in [1.82, 2.24) is 20.4 Å². The highest BCUT2D eigenvalue weighted by atomic mass is 16.5. The quantitative estimate of drug-likeness (QED) is 0.461. The van der Waals surface area contributed by atoms with Crippen LogP contribution in [0.4, 0.5) is 0 Å². The molecule has 2 N–H and O–H groups in total. The predicted octanol–water partition coefficient (Wildman–Crippen LogP) is 1.63.